The van der Waals surface area contributed by atoms with Crippen LogP contribution in [0.5, 0.6) is 0 Å². The summed E-state index contributed by atoms with van der Waals surface area (Å²) in [5.74, 6) is -0.575. The van der Waals surface area contributed by atoms with Gasteiger partial charge < -0.3 is 25.8 Å². The van der Waals surface area contributed by atoms with E-state index in [0.717, 1.165) is 0 Å². The SMILES string of the molecule is CC.CSCCC(NC(=O)OCC(C)C)C(=O)NC(CC(C)C)C(=O)NC(CO)C(C)=O. The van der Waals surface area contributed by atoms with Gasteiger partial charge in [0.25, 0.3) is 0 Å². The number of amides is 3. The van der Waals surface area contributed by atoms with Crippen LogP contribution in [-0.4, -0.2) is 72.1 Å². The highest BCUT2D eigenvalue weighted by Crippen LogP contribution is 2.08. The maximum absolute atomic E-state index is 12.8. The van der Waals surface area contributed by atoms with Crippen LogP contribution in [0, 0.1) is 11.8 Å². The monoisotopic (exact) mass is 477 g/mol. The second-order valence-electron chi connectivity index (χ2n) is 8.02. The zero-order valence-corrected chi connectivity index (χ0v) is 21.6. The van der Waals surface area contributed by atoms with E-state index in [1.807, 2.05) is 47.8 Å². The number of ether oxygens (including phenoxy) is 1. The van der Waals surface area contributed by atoms with Gasteiger partial charge in [-0.2, -0.15) is 11.8 Å². The van der Waals surface area contributed by atoms with E-state index >= 15 is 0 Å². The normalized spacial score (nSPS) is 13.3. The molecular weight excluding hydrogens is 434 g/mol. The van der Waals surface area contributed by atoms with Crippen LogP contribution in [0.25, 0.3) is 0 Å². The first-order valence-corrected chi connectivity index (χ1v) is 12.5. The molecule has 0 aliphatic rings. The molecular formula is C22H43N3O6S. The molecule has 0 aromatic heterocycles. The average molecular weight is 478 g/mol. The predicted octanol–water partition coefficient (Wildman–Crippen LogP) is 2.11. The fraction of sp³-hybridized carbons (Fsp3) is 0.818. The van der Waals surface area contributed by atoms with Crippen molar-refractivity contribution in [1.29, 1.82) is 0 Å². The van der Waals surface area contributed by atoms with Crippen LogP contribution >= 0.6 is 11.8 Å². The number of rotatable bonds is 14. The van der Waals surface area contributed by atoms with E-state index in [0.29, 0.717) is 18.6 Å². The van der Waals surface area contributed by atoms with Crippen molar-refractivity contribution < 1.29 is 29.0 Å². The van der Waals surface area contributed by atoms with E-state index in [9.17, 15) is 24.3 Å². The average Bonchev–Trinajstić information content (AvgIpc) is 2.73. The minimum absolute atomic E-state index is 0.0829. The zero-order valence-electron chi connectivity index (χ0n) is 20.8. The number of alkyl carbamates (subject to hydrolysis) is 1. The lowest BCUT2D eigenvalue weighted by Crippen LogP contribution is -2.56. The summed E-state index contributed by atoms with van der Waals surface area (Å²) in [5.41, 5.74) is 0. The summed E-state index contributed by atoms with van der Waals surface area (Å²) < 4.78 is 5.09. The molecule has 0 aromatic carbocycles. The van der Waals surface area contributed by atoms with Gasteiger partial charge in [0.05, 0.1) is 13.2 Å². The molecule has 0 saturated heterocycles. The Balaban J connectivity index is 0. The number of ketones is 1. The van der Waals surface area contributed by atoms with E-state index in [4.69, 9.17) is 4.74 Å². The number of aliphatic hydroxyl groups is 1. The fourth-order valence-corrected chi connectivity index (χ4v) is 2.93. The van der Waals surface area contributed by atoms with Crippen LogP contribution < -0.4 is 16.0 Å². The highest BCUT2D eigenvalue weighted by atomic mass is 32.2. The van der Waals surface area contributed by atoms with E-state index in [2.05, 4.69) is 16.0 Å². The number of carbonyl (C=O) groups excluding carboxylic acids is 4. The van der Waals surface area contributed by atoms with E-state index < -0.39 is 42.6 Å². The van der Waals surface area contributed by atoms with Gasteiger partial charge >= 0.3 is 6.09 Å². The van der Waals surface area contributed by atoms with Crippen LogP contribution in [0.1, 0.15) is 61.3 Å². The highest BCUT2D eigenvalue weighted by Gasteiger charge is 2.29. The van der Waals surface area contributed by atoms with Gasteiger partial charge in [0.1, 0.15) is 18.1 Å². The summed E-state index contributed by atoms with van der Waals surface area (Å²) in [5, 5.41) is 17.0. The zero-order chi connectivity index (χ0) is 25.3. The molecule has 0 radical (unpaired) electrons. The standard InChI is InChI=1S/C20H37N3O6S.C2H6/c1-12(2)9-16(19(27)22-17(10-24)14(5)25)21-18(26)15(7-8-30-6)23-20(28)29-11-13(3)4;1-2/h12-13,15-17,24H,7-11H2,1-6H3,(H,21,26)(H,22,27)(H,23,28);1-2H3. The van der Waals surface area contributed by atoms with Crippen molar-refractivity contribution in [3.05, 3.63) is 0 Å². The molecule has 0 saturated carbocycles. The summed E-state index contributed by atoms with van der Waals surface area (Å²) in [6, 6.07) is -2.79. The van der Waals surface area contributed by atoms with Crippen molar-refractivity contribution in [2.75, 3.05) is 25.2 Å². The maximum Gasteiger partial charge on any atom is 0.407 e. The number of aliphatic hydroxyl groups excluding tert-OH is 1. The fourth-order valence-electron chi connectivity index (χ4n) is 2.45. The summed E-state index contributed by atoms with van der Waals surface area (Å²) in [6.45, 7) is 12.6. The van der Waals surface area contributed by atoms with Crippen LogP contribution in [0.2, 0.25) is 0 Å². The molecule has 0 spiro atoms. The van der Waals surface area contributed by atoms with Gasteiger partial charge in [-0.25, -0.2) is 4.79 Å². The summed E-state index contributed by atoms with van der Waals surface area (Å²) in [6.07, 6.45) is 1.90. The number of Topliss-reactive ketones (excluding diaryl/α,β-unsaturated/α-hetero) is 1. The smallest absolute Gasteiger partial charge is 0.407 e. The summed E-state index contributed by atoms with van der Waals surface area (Å²) in [4.78, 5) is 49.0. The van der Waals surface area contributed by atoms with Crippen LogP contribution in [0.4, 0.5) is 4.79 Å². The van der Waals surface area contributed by atoms with Gasteiger partial charge in [0.2, 0.25) is 11.8 Å². The van der Waals surface area contributed by atoms with Gasteiger partial charge in [0.15, 0.2) is 5.78 Å². The Hall–Kier alpha value is -1.81. The second-order valence-corrected chi connectivity index (χ2v) is 9.00. The molecule has 9 nitrogen and oxygen atoms in total. The predicted molar refractivity (Wildman–Crippen MR) is 129 cm³/mol. The number of carbonyl (C=O) groups is 4. The molecule has 3 atom stereocenters. The molecule has 32 heavy (non-hydrogen) atoms. The van der Waals surface area contributed by atoms with Crippen LogP contribution in [0.3, 0.4) is 0 Å². The quantitative estimate of drug-likeness (QED) is 0.301. The van der Waals surface area contributed by atoms with Crippen LogP contribution in [-0.2, 0) is 19.1 Å². The topological polar surface area (TPSA) is 134 Å². The van der Waals surface area contributed by atoms with Crippen molar-refractivity contribution in [2.24, 2.45) is 11.8 Å². The molecule has 3 unspecified atom stereocenters. The third kappa shape index (κ3) is 15.1. The van der Waals surface area contributed by atoms with Gasteiger partial charge in [-0.05, 0) is 43.6 Å². The Morgan fingerprint density at radius 2 is 1.41 bits per heavy atom. The Bertz CT molecular complexity index is 572. The molecule has 0 bridgehead atoms. The van der Waals surface area contributed by atoms with Crippen molar-refractivity contribution >= 4 is 35.5 Å². The third-order valence-corrected chi connectivity index (χ3v) is 4.74. The van der Waals surface area contributed by atoms with Gasteiger partial charge in [-0.15, -0.1) is 0 Å². The lowest BCUT2D eigenvalue weighted by molar-refractivity contribution is -0.132. The molecule has 10 heteroatoms. The van der Waals surface area contributed by atoms with Crippen molar-refractivity contribution in [1.82, 2.24) is 16.0 Å². The third-order valence-electron chi connectivity index (χ3n) is 4.10. The molecule has 0 aliphatic carbocycles. The molecule has 0 rings (SSSR count). The first-order valence-electron chi connectivity index (χ1n) is 11.2. The molecule has 188 valence electrons. The highest BCUT2D eigenvalue weighted by molar-refractivity contribution is 7.98. The Labute approximate surface area is 197 Å². The Morgan fingerprint density at radius 1 is 0.875 bits per heavy atom. The number of nitrogens with one attached hydrogen (secondary N) is 3. The van der Waals surface area contributed by atoms with E-state index in [-0.39, 0.29) is 24.2 Å². The first-order chi connectivity index (χ1) is 15.0. The number of thioether (sulfide) groups is 1. The van der Waals surface area contributed by atoms with Crippen molar-refractivity contribution in [2.45, 2.75) is 79.4 Å². The first kappa shape index (κ1) is 32.4. The van der Waals surface area contributed by atoms with Gasteiger partial charge in [-0.3, -0.25) is 14.4 Å². The van der Waals surface area contributed by atoms with E-state index in [1.54, 1.807) is 0 Å². The van der Waals surface area contributed by atoms with Crippen molar-refractivity contribution in [3.8, 4) is 0 Å². The largest absolute Gasteiger partial charge is 0.449 e. The lowest BCUT2D eigenvalue weighted by Gasteiger charge is -2.25. The molecule has 0 aromatic rings. The molecule has 0 heterocycles. The Kier molecular flexibility index (Phi) is 18.9. The number of hydrogen-bond acceptors (Lipinski definition) is 7. The van der Waals surface area contributed by atoms with E-state index in [1.165, 1.54) is 18.7 Å². The van der Waals surface area contributed by atoms with Gasteiger partial charge in [-0.1, -0.05) is 41.5 Å². The lowest BCUT2D eigenvalue weighted by atomic mass is 10.0. The minimum atomic E-state index is -1.03. The number of hydrogen-bond donors (Lipinski definition) is 4. The Morgan fingerprint density at radius 3 is 1.84 bits per heavy atom. The van der Waals surface area contributed by atoms with Gasteiger partial charge in [0, 0.05) is 0 Å². The maximum atomic E-state index is 12.8. The summed E-state index contributed by atoms with van der Waals surface area (Å²) >= 11 is 1.53. The minimum Gasteiger partial charge on any atom is -0.449 e. The van der Waals surface area contributed by atoms with Crippen molar-refractivity contribution in [3.63, 3.8) is 0 Å². The second kappa shape index (κ2) is 18.7. The van der Waals surface area contributed by atoms with Crippen LogP contribution in [0.15, 0.2) is 0 Å². The molecule has 3 amide bonds. The molecule has 0 fully saturated rings. The molecule has 4 N–H and O–H groups in total. The molecule has 0 aliphatic heterocycles. The summed E-state index contributed by atoms with van der Waals surface area (Å²) in [7, 11) is 0.